The van der Waals surface area contributed by atoms with E-state index in [4.69, 9.17) is 4.74 Å². The molecule has 0 bridgehead atoms. The summed E-state index contributed by atoms with van der Waals surface area (Å²) in [5.74, 6) is -0.213. The van der Waals surface area contributed by atoms with Gasteiger partial charge in [-0.05, 0) is 52.4 Å². The summed E-state index contributed by atoms with van der Waals surface area (Å²) in [5, 5.41) is 0. The molecule has 2 nitrogen and oxygen atoms in total. The van der Waals surface area contributed by atoms with Gasteiger partial charge in [0, 0.05) is 6.08 Å². The fourth-order valence-corrected chi connectivity index (χ4v) is 2.17. The van der Waals surface area contributed by atoms with Crippen molar-refractivity contribution in [1.29, 1.82) is 0 Å². The highest BCUT2D eigenvalue weighted by atomic mass is 16.5. The molecule has 0 unspecified atom stereocenters. The van der Waals surface area contributed by atoms with Crippen molar-refractivity contribution in [2.45, 2.75) is 58.8 Å². The van der Waals surface area contributed by atoms with E-state index in [0.717, 1.165) is 18.4 Å². The Bertz CT molecular complexity index is 292. The van der Waals surface area contributed by atoms with Crippen LogP contribution in [0, 0.1) is 0 Å². The highest BCUT2D eigenvalue weighted by molar-refractivity contribution is 5.82. The molecule has 2 heteroatoms. The van der Waals surface area contributed by atoms with Gasteiger partial charge in [-0.1, -0.05) is 23.6 Å². The zero-order chi connectivity index (χ0) is 12.5. The Labute approximate surface area is 105 Å². The highest BCUT2D eigenvalue weighted by Gasteiger charge is 2.04. The van der Waals surface area contributed by atoms with Crippen molar-refractivity contribution >= 4 is 5.97 Å². The summed E-state index contributed by atoms with van der Waals surface area (Å²) in [6.45, 7) is 4.28. The maximum Gasteiger partial charge on any atom is 0.330 e. The predicted molar refractivity (Wildman–Crippen MR) is 70.8 cm³/mol. The van der Waals surface area contributed by atoms with E-state index in [-0.39, 0.29) is 5.97 Å². The molecule has 96 valence electrons. The van der Waals surface area contributed by atoms with Gasteiger partial charge in [-0.2, -0.15) is 0 Å². The van der Waals surface area contributed by atoms with Gasteiger partial charge in [-0.15, -0.1) is 0 Å². The molecule has 0 saturated heterocycles. The molecular formula is C15H24O2. The fourth-order valence-electron chi connectivity index (χ4n) is 2.17. The third-order valence-corrected chi connectivity index (χ3v) is 3.12. The first-order valence-electron chi connectivity index (χ1n) is 6.74. The van der Waals surface area contributed by atoms with Crippen LogP contribution in [-0.4, -0.2) is 12.6 Å². The van der Waals surface area contributed by atoms with Crippen molar-refractivity contribution < 1.29 is 9.53 Å². The van der Waals surface area contributed by atoms with E-state index < -0.39 is 0 Å². The molecule has 1 saturated carbocycles. The molecule has 1 fully saturated rings. The Kier molecular flexibility index (Phi) is 6.68. The summed E-state index contributed by atoms with van der Waals surface area (Å²) < 4.78 is 4.88. The third-order valence-electron chi connectivity index (χ3n) is 3.12. The fraction of sp³-hybridized carbons (Fsp3) is 0.667. The molecule has 0 spiro atoms. The first-order chi connectivity index (χ1) is 8.22. The lowest BCUT2D eigenvalue weighted by atomic mass is 9.93. The van der Waals surface area contributed by atoms with Crippen molar-refractivity contribution in [3.05, 3.63) is 23.3 Å². The predicted octanol–water partition coefficient (Wildman–Crippen LogP) is 4.17. The average molecular weight is 236 g/mol. The molecule has 0 N–H and O–H groups in total. The monoisotopic (exact) mass is 236 g/mol. The first-order valence-corrected chi connectivity index (χ1v) is 6.74. The molecule has 0 radical (unpaired) electrons. The Hall–Kier alpha value is -1.05. The molecule has 0 aromatic rings. The minimum atomic E-state index is -0.213. The van der Waals surface area contributed by atoms with E-state index in [1.807, 2.05) is 13.8 Å². The van der Waals surface area contributed by atoms with Crippen molar-refractivity contribution in [3.8, 4) is 0 Å². The standard InChI is InChI=1S/C15H24O2/c1-3-17-15(16)12-13(2)8-7-11-14-9-5-4-6-10-14/h11-12H,3-10H2,1-2H3/b13-12+. The molecule has 0 aromatic heterocycles. The van der Waals surface area contributed by atoms with Crippen LogP contribution in [0.2, 0.25) is 0 Å². The van der Waals surface area contributed by atoms with Crippen LogP contribution in [0.4, 0.5) is 0 Å². The molecule has 0 atom stereocenters. The molecule has 0 aromatic carbocycles. The van der Waals surface area contributed by atoms with E-state index in [9.17, 15) is 4.79 Å². The first kappa shape index (κ1) is 14.0. The number of ether oxygens (including phenoxy) is 1. The van der Waals surface area contributed by atoms with Crippen LogP contribution in [0.3, 0.4) is 0 Å². The zero-order valence-electron chi connectivity index (χ0n) is 11.1. The van der Waals surface area contributed by atoms with E-state index in [1.165, 1.54) is 32.1 Å². The van der Waals surface area contributed by atoms with Crippen molar-refractivity contribution in [3.63, 3.8) is 0 Å². The Morgan fingerprint density at radius 1 is 1.29 bits per heavy atom. The minimum absolute atomic E-state index is 0.213. The lowest BCUT2D eigenvalue weighted by molar-refractivity contribution is -0.137. The van der Waals surface area contributed by atoms with Gasteiger partial charge in [0.05, 0.1) is 6.61 Å². The second kappa shape index (κ2) is 8.10. The quantitative estimate of drug-likeness (QED) is 0.407. The summed E-state index contributed by atoms with van der Waals surface area (Å²) in [4.78, 5) is 11.2. The summed E-state index contributed by atoms with van der Waals surface area (Å²) in [6.07, 6.45) is 12.6. The Balaban J connectivity index is 2.27. The molecular weight excluding hydrogens is 212 g/mol. The van der Waals surface area contributed by atoms with Gasteiger partial charge >= 0.3 is 5.97 Å². The minimum Gasteiger partial charge on any atom is -0.463 e. The normalized spacial score (nSPS) is 16.8. The second-order valence-electron chi connectivity index (χ2n) is 4.70. The highest BCUT2D eigenvalue weighted by Crippen LogP contribution is 2.23. The zero-order valence-corrected chi connectivity index (χ0v) is 11.1. The van der Waals surface area contributed by atoms with E-state index >= 15 is 0 Å². The van der Waals surface area contributed by atoms with E-state index in [2.05, 4.69) is 6.08 Å². The summed E-state index contributed by atoms with van der Waals surface area (Å²) in [7, 11) is 0. The summed E-state index contributed by atoms with van der Waals surface area (Å²) in [5.41, 5.74) is 2.72. The average Bonchev–Trinajstić information content (AvgIpc) is 2.30. The van der Waals surface area contributed by atoms with Crippen LogP contribution in [0.15, 0.2) is 23.3 Å². The maximum atomic E-state index is 11.2. The third kappa shape index (κ3) is 6.30. The molecule has 0 aliphatic heterocycles. The van der Waals surface area contributed by atoms with Crippen LogP contribution in [0.5, 0.6) is 0 Å². The number of hydrogen-bond acceptors (Lipinski definition) is 2. The van der Waals surface area contributed by atoms with Gasteiger partial charge in [0.2, 0.25) is 0 Å². The SMILES string of the molecule is CCOC(=O)/C=C(\C)CCC=C1CCCCC1. The number of carbonyl (C=O) groups is 1. The van der Waals surface area contributed by atoms with Gasteiger partial charge in [0.25, 0.3) is 0 Å². The Morgan fingerprint density at radius 3 is 2.65 bits per heavy atom. The van der Waals surface area contributed by atoms with Crippen molar-refractivity contribution in [2.24, 2.45) is 0 Å². The number of rotatable bonds is 5. The summed E-state index contributed by atoms with van der Waals surface area (Å²) >= 11 is 0. The van der Waals surface area contributed by atoms with Crippen LogP contribution in [0.25, 0.3) is 0 Å². The number of hydrogen-bond donors (Lipinski definition) is 0. The maximum absolute atomic E-state index is 11.2. The van der Waals surface area contributed by atoms with Gasteiger partial charge in [-0.25, -0.2) is 4.79 Å². The summed E-state index contributed by atoms with van der Waals surface area (Å²) in [6, 6.07) is 0. The smallest absolute Gasteiger partial charge is 0.330 e. The Morgan fingerprint density at radius 2 is 2.00 bits per heavy atom. The van der Waals surface area contributed by atoms with Crippen LogP contribution >= 0.6 is 0 Å². The van der Waals surface area contributed by atoms with E-state index in [1.54, 1.807) is 11.6 Å². The number of carbonyl (C=O) groups excluding carboxylic acids is 1. The number of allylic oxidation sites excluding steroid dienone is 3. The van der Waals surface area contributed by atoms with Crippen LogP contribution in [-0.2, 0) is 9.53 Å². The van der Waals surface area contributed by atoms with Crippen LogP contribution < -0.4 is 0 Å². The van der Waals surface area contributed by atoms with Crippen molar-refractivity contribution in [1.82, 2.24) is 0 Å². The molecule has 0 heterocycles. The molecule has 1 aliphatic rings. The van der Waals surface area contributed by atoms with Gasteiger partial charge in [0.15, 0.2) is 0 Å². The lowest BCUT2D eigenvalue weighted by Gasteiger charge is -2.13. The second-order valence-corrected chi connectivity index (χ2v) is 4.70. The number of esters is 1. The van der Waals surface area contributed by atoms with E-state index in [0.29, 0.717) is 6.61 Å². The molecule has 0 amide bonds. The van der Waals surface area contributed by atoms with Gasteiger partial charge < -0.3 is 4.74 Å². The van der Waals surface area contributed by atoms with Crippen LogP contribution in [0.1, 0.15) is 58.8 Å². The largest absolute Gasteiger partial charge is 0.463 e. The molecule has 17 heavy (non-hydrogen) atoms. The topological polar surface area (TPSA) is 26.3 Å². The van der Waals surface area contributed by atoms with Crippen molar-refractivity contribution in [2.75, 3.05) is 6.61 Å². The molecule has 1 aliphatic carbocycles. The van der Waals surface area contributed by atoms with Gasteiger partial charge in [-0.3, -0.25) is 0 Å². The lowest BCUT2D eigenvalue weighted by Crippen LogP contribution is -2.00. The molecule has 1 rings (SSSR count). The van der Waals surface area contributed by atoms with Gasteiger partial charge in [0.1, 0.15) is 0 Å².